The molecule has 0 aromatic heterocycles. The third-order valence-electron chi connectivity index (χ3n) is 3.93. The fourth-order valence-corrected chi connectivity index (χ4v) is 2.92. The lowest BCUT2D eigenvalue weighted by Crippen LogP contribution is -2.56. The van der Waals surface area contributed by atoms with E-state index < -0.39 is 12.0 Å². The number of carboxylic acids is 1. The van der Waals surface area contributed by atoms with Gasteiger partial charge < -0.3 is 15.3 Å². The van der Waals surface area contributed by atoms with Crippen LogP contribution in [-0.4, -0.2) is 72.1 Å². The highest BCUT2D eigenvalue weighted by Gasteiger charge is 2.31. The molecule has 2 saturated heterocycles. The molecule has 1 unspecified atom stereocenters. The first-order valence-corrected chi connectivity index (χ1v) is 7.13. The molecule has 6 heteroatoms. The van der Waals surface area contributed by atoms with Gasteiger partial charge in [0.05, 0.1) is 12.5 Å². The Morgan fingerprint density at radius 3 is 2.68 bits per heavy atom. The summed E-state index contributed by atoms with van der Waals surface area (Å²) in [4.78, 5) is 27.0. The van der Waals surface area contributed by atoms with E-state index >= 15 is 0 Å². The van der Waals surface area contributed by atoms with Crippen molar-refractivity contribution in [3.63, 3.8) is 0 Å². The second-order valence-electron chi connectivity index (χ2n) is 5.34. The summed E-state index contributed by atoms with van der Waals surface area (Å²) < 4.78 is 0. The predicted octanol–water partition coefficient (Wildman–Crippen LogP) is -0.253. The molecule has 2 aliphatic heterocycles. The number of amides is 1. The molecule has 1 amide bonds. The fourth-order valence-electron chi connectivity index (χ4n) is 2.92. The van der Waals surface area contributed by atoms with Crippen LogP contribution in [0.1, 0.15) is 25.7 Å². The van der Waals surface area contributed by atoms with Crippen LogP contribution in [-0.2, 0) is 9.59 Å². The standard InChI is InChI=1S/C13H23N3O3/c17-12(18)10-11-13(19)14-4-9-16(11)8-3-7-15-5-1-2-6-15/h11H,1-10H2,(H,14,19)(H,17,18). The number of aliphatic carboxylic acids is 1. The van der Waals surface area contributed by atoms with Crippen molar-refractivity contribution >= 4 is 11.9 Å². The second-order valence-corrected chi connectivity index (χ2v) is 5.34. The lowest BCUT2D eigenvalue weighted by atomic mass is 10.1. The van der Waals surface area contributed by atoms with E-state index in [9.17, 15) is 9.59 Å². The molecule has 2 heterocycles. The van der Waals surface area contributed by atoms with E-state index in [1.807, 2.05) is 4.90 Å². The molecule has 0 radical (unpaired) electrons. The number of carbonyl (C=O) groups is 2. The average molecular weight is 269 g/mol. The highest BCUT2D eigenvalue weighted by Crippen LogP contribution is 2.11. The molecule has 2 N–H and O–H groups in total. The molecule has 108 valence electrons. The molecule has 6 nitrogen and oxygen atoms in total. The molecular weight excluding hydrogens is 246 g/mol. The van der Waals surface area contributed by atoms with Crippen molar-refractivity contribution < 1.29 is 14.7 Å². The third-order valence-corrected chi connectivity index (χ3v) is 3.93. The number of rotatable bonds is 6. The molecule has 2 rings (SSSR count). The summed E-state index contributed by atoms with van der Waals surface area (Å²) in [6.07, 6.45) is 3.47. The van der Waals surface area contributed by atoms with Crippen LogP contribution in [0.5, 0.6) is 0 Å². The SMILES string of the molecule is O=C(O)CC1C(=O)NCCN1CCCN1CCCC1. The van der Waals surface area contributed by atoms with E-state index in [4.69, 9.17) is 5.11 Å². The maximum absolute atomic E-state index is 11.7. The molecule has 19 heavy (non-hydrogen) atoms. The molecule has 0 aromatic rings. The first kappa shape index (κ1) is 14.3. The Labute approximate surface area is 113 Å². The van der Waals surface area contributed by atoms with Crippen LogP contribution in [0.2, 0.25) is 0 Å². The van der Waals surface area contributed by atoms with Gasteiger partial charge in [-0.1, -0.05) is 0 Å². The molecule has 0 aliphatic carbocycles. The van der Waals surface area contributed by atoms with Crippen molar-refractivity contribution in [1.29, 1.82) is 0 Å². The molecule has 0 bridgehead atoms. The molecule has 0 aromatic carbocycles. The number of hydrogen-bond donors (Lipinski definition) is 2. The summed E-state index contributed by atoms with van der Waals surface area (Å²) in [7, 11) is 0. The Bertz CT molecular complexity index is 329. The molecule has 1 atom stereocenters. The molecule has 2 aliphatic rings. The van der Waals surface area contributed by atoms with Gasteiger partial charge in [-0.15, -0.1) is 0 Å². The first-order chi connectivity index (χ1) is 9.16. The Morgan fingerprint density at radius 1 is 1.26 bits per heavy atom. The molecule has 0 saturated carbocycles. The molecular formula is C13H23N3O3. The third kappa shape index (κ3) is 4.18. The van der Waals surface area contributed by atoms with Gasteiger partial charge in [0.2, 0.25) is 5.91 Å². The highest BCUT2D eigenvalue weighted by molar-refractivity contribution is 5.86. The summed E-state index contributed by atoms with van der Waals surface area (Å²) in [5, 5.41) is 11.6. The van der Waals surface area contributed by atoms with Crippen molar-refractivity contribution in [3.8, 4) is 0 Å². The van der Waals surface area contributed by atoms with Crippen molar-refractivity contribution in [3.05, 3.63) is 0 Å². The Kier molecular flexibility index (Phi) is 5.15. The smallest absolute Gasteiger partial charge is 0.305 e. The average Bonchev–Trinajstić information content (AvgIpc) is 2.86. The Hall–Kier alpha value is -1.14. The minimum atomic E-state index is -0.911. The van der Waals surface area contributed by atoms with Crippen LogP contribution in [0.4, 0.5) is 0 Å². The van der Waals surface area contributed by atoms with E-state index in [1.54, 1.807) is 0 Å². The quantitative estimate of drug-likeness (QED) is 0.695. The summed E-state index contributed by atoms with van der Waals surface area (Å²) >= 11 is 0. The second kappa shape index (κ2) is 6.86. The van der Waals surface area contributed by atoms with Gasteiger partial charge in [-0.3, -0.25) is 14.5 Å². The first-order valence-electron chi connectivity index (χ1n) is 7.13. The summed E-state index contributed by atoms with van der Waals surface area (Å²) in [6.45, 7) is 5.60. The van der Waals surface area contributed by atoms with Gasteiger partial charge in [-0.25, -0.2) is 0 Å². The normalized spacial score (nSPS) is 25.5. The van der Waals surface area contributed by atoms with Gasteiger partial charge >= 0.3 is 5.97 Å². The van der Waals surface area contributed by atoms with Crippen molar-refractivity contribution in [2.24, 2.45) is 0 Å². The minimum Gasteiger partial charge on any atom is -0.481 e. The van der Waals surface area contributed by atoms with Crippen LogP contribution in [0, 0.1) is 0 Å². The van der Waals surface area contributed by atoms with E-state index in [2.05, 4.69) is 10.2 Å². The maximum atomic E-state index is 11.7. The lowest BCUT2D eigenvalue weighted by molar-refractivity contribution is -0.143. The van der Waals surface area contributed by atoms with Gasteiger partial charge in [0.1, 0.15) is 0 Å². The lowest BCUT2D eigenvalue weighted by Gasteiger charge is -2.34. The topological polar surface area (TPSA) is 72.9 Å². The van der Waals surface area contributed by atoms with Crippen LogP contribution in [0.3, 0.4) is 0 Å². The summed E-state index contributed by atoms with van der Waals surface area (Å²) in [5.74, 6) is -1.05. The number of nitrogens with zero attached hydrogens (tertiary/aromatic N) is 2. The van der Waals surface area contributed by atoms with Gasteiger partial charge in [0, 0.05) is 19.6 Å². The van der Waals surface area contributed by atoms with E-state index in [-0.39, 0.29) is 12.3 Å². The number of hydrogen-bond acceptors (Lipinski definition) is 4. The number of carbonyl (C=O) groups excluding carboxylic acids is 1. The van der Waals surface area contributed by atoms with Crippen LogP contribution in [0.25, 0.3) is 0 Å². The van der Waals surface area contributed by atoms with Crippen molar-refractivity contribution in [2.75, 3.05) is 39.3 Å². The predicted molar refractivity (Wildman–Crippen MR) is 70.9 cm³/mol. The Morgan fingerprint density at radius 2 is 2.00 bits per heavy atom. The largest absolute Gasteiger partial charge is 0.481 e. The zero-order chi connectivity index (χ0) is 13.7. The van der Waals surface area contributed by atoms with Crippen molar-refractivity contribution in [1.82, 2.24) is 15.1 Å². The summed E-state index contributed by atoms with van der Waals surface area (Å²) in [5.41, 5.74) is 0. The van der Waals surface area contributed by atoms with Gasteiger partial charge in [-0.05, 0) is 38.9 Å². The monoisotopic (exact) mass is 269 g/mol. The number of carboxylic acid groups (broad SMARTS) is 1. The highest BCUT2D eigenvalue weighted by atomic mass is 16.4. The van der Waals surface area contributed by atoms with Gasteiger partial charge in [0.25, 0.3) is 0 Å². The Balaban J connectivity index is 1.78. The molecule has 0 spiro atoms. The van der Waals surface area contributed by atoms with Crippen LogP contribution >= 0.6 is 0 Å². The van der Waals surface area contributed by atoms with Crippen molar-refractivity contribution in [2.45, 2.75) is 31.7 Å². The van der Waals surface area contributed by atoms with Crippen LogP contribution < -0.4 is 5.32 Å². The minimum absolute atomic E-state index is 0.102. The van der Waals surface area contributed by atoms with Gasteiger partial charge in [0.15, 0.2) is 0 Å². The van der Waals surface area contributed by atoms with Gasteiger partial charge in [-0.2, -0.15) is 0 Å². The fraction of sp³-hybridized carbons (Fsp3) is 0.846. The zero-order valence-corrected chi connectivity index (χ0v) is 11.3. The number of nitrogens with one attached hydrogen (secondary N) is 1. The van der Waals surface area contributed by atoms with E-state index in [0.717, 1.165) is 26.1 Å². The van der Waals surface area contributed by atoms with E-state index in [0.29, 0.717) is 6.54 Å². The maximum Gasteiger partial charge on any atom is 0.305 e. The number of likely N-dealkylation sites (tertiary alicyclic amines) is 1. The number of piperazine rings is 1. The summed E-state index contributed by atoms with van der Waals surface area (Å²) in [6, 6.07) is -0.496. The molecule has 2 fully saturated rings. The zero-order valence-electron chi connectivity index (χ0n) is 11.3. The van der Waals surface area contributed by atoms with Crippen LogP contribution in [0.15, 0.2) is 0 Å². The van der Waals surface area contributed by atoms with E-state index in [1.165, 1.54) is 25.9 Å².